The van der Waals surface area contributed by atoms with Gasteiger partial charge in [-0.1, -0.05) is 23.7 Å². The van der Waals surface area contributed by atoms with Crippen LogP contribution in [0.3, 0.4) is 0 Å². The molecule has 0 aliphatic rings. The van der Waals surface area contributed by atoms with Crippen molar-refractivity contribution in [2.24, 2.45) is 5.84 Å². The average molecular weight is 421 g/mol. The van der Waals surface area contributed by atoms with Crippen LogP contribution in [0, 0.1) is 9.39 Å². The van der Waals surface area contributed by atoms with Crippen LogP contribution in [-0.2, 0) is 6.42 Å². The molecule has 3 nitrogen and oxygen atoms in total. The molecule has 21 heavy (non-hydrogen) atoms. The summed E-state index contributed by atoms with van der Waals surface area (Å²) < 4.78 is 20.3. The van der Waals surface area contributed by atoms with Crippen LogP contribution in [0.1, 0.15) is 17.2 Å². The summed E-state index contributed by atoms with van der Waals surface area (Å²) in [4.78, 5) is 0. The predicted octanol–water partition coefficient (Wildman–Crippen LogP) is 3.84. The Kier molecular flexibility index (Phi) is 5.80. The Labute approximate surface area is 141 Å². The molecular formula is C15H15ClFIN2O. The Morgan fingerprint density at radius 3 is 2.81 bits per heavy atom. The van der Waals surface area contributed by atoms with Crippen molar-refractivity contribution in [3.8, 4) is 5.75 Å². The van der Waals surface area contributed by atoms with Gasteiger partial charge in [-0.2, -0.15) is 0 Å². The summed E-state index contributed by atoms with van der Waals surface area (Å²) in [7, 11) is 1.45. The molecule has 0 aromatic heterocycles. The minimum atomic E-state index is -0.364. The zero-order chi connectivity index (χ0) is 15.4. The van der Waals surface area contributed by atoms with Gasteiger partial charge < -0.3 is 4.74 Å². The summed E-state index contributed by atoms with van der Waals surface area (Å²) in [6.45, 7) is 0. The SMILES string of the molecule is COc1cccc(CC(NN)c2cc(Cl)ccc2I)c1F. The first kappa shape index (κ1) is 16.5. The lowest BCUT2D eigenvalue weighted by atomic mass is 9.99. The Balaban J connectivity index is 2.33. The molecule has 2 rings (SSSR count). The standard InChI is InChI=1S/C15H15ClFIN2O/c1-21-14-4-2-3-9(15(14)17)7-13(20-19)11-8-10(16)5-6-12(11)18/h2-6,8,13,20H,7,19H2,1H3. The zero-order valence-electron chi connectivity index (χ0n) is 11.4. The molecule has 3 N–H and O–H groups in total. The van der Waals surface area contributed by atoms with Crippen LogP contribution in [0.15, 0.2) is 36.4 Å². The molecule has 112 valence electrons. The van der Waals surface area contributed by atoms with Crippen molar-refractivity contribution in [2.75, 3.05) is 7.11 Å². The molecule has 2 aromatic rings. The summed E-state index contributed by atoms with van der Waals surface area (Å²) in [6.07, 6.45) is 0.399. The van der Waals surface area contributed by atoms with Crippen LogP contribution < -0.4 is 16.0 Å². The maximum absolute atomic E-state index is 14.2. The molecule has 0 bridgehead atoms. The van der Waals surface area contributed by atoms with E-state index in [9.17, 15) is 4.39 Å². The van der Waals surface area contributed by atoms with Gasteiger partial charge in [0.15, 0.2) is 11.6 Å². The van der Waals surface area contributed by atoms with E-state index in [0.29, 0.717) is 17.0 Å². The van der Waals surface area contributed by atoms with Crippen LogP contribution in [0.5, 0.6) is 5.75 Å². The Morgan fingerprint density at radius 1 is 1.38 bits per heavy atom. The van der Waals surface area contributed by atoms with Crippen molar-refractivity contribution in [1.29, 1.82) is 0 Å². The molecule has 1 unspecified atom stereocenters. The lowest BCUT2D eigenvalue weighted by molar-refractivity contribution is 0.382. The maximum Gasteiger partial charge on any atom is 0.168 e. The van der Waals surface area contributed by atoms with E-state index in [-0.39, 0.29) is 17.6 Å². The summed E-state index contributed by atoms with van der Waals surface area (Å²) >= 11 is 8.24. The number of nitrogens with two attached hydrogens (primary N) is 1. The summed E-state index contributed by atoms with van der Waals surface area (Å²) in [5.74, 6) is 5.50. The second kappa shape index (κ2) is 7.40. The summed E-state index contributed by atoms with van der Waals surface area (Å²) in [5.41, 5.74) is 4.20. The molecule has 6 heteroatoms. The topological polar surface area (TPSA) is 47.3 Å². The third-order valence-corrected chi connectivity index (χ3v) is 4.44. The number of ether oxygens (including phenoxy) is 1. The molecule has 0 heterocycles. The number of nitrogens with one attached hydrogen (secondary N) is 1. The first-order valence-corrected chi connectivity index (χ1v) is 7.75. The van der Waals surface area contributed by atoms with Gasteiger partial charge in [-0.05, 0) is 64.4 Å². The first-order chi connectivity index (χ1) is 10.1. The monoisotopic (exact) mass is 420 g/mol. The number of rotatable bonds is 5. The molecule has 0 fully saturated rings. The van der Waals surface area contributed by atoms with Gasteiger partial charge >= 0.3 is 0 Å². The number of hydrogen-bond donors (Lipinski definition) is 2. The highest BCUT2D eigenvalue weighted by molar-refractivity contribution is 14.1. The average Bonchev–Trinajstić information content (AvgIpc) is 2.49. The van der Waals surface area contributed by atoms with E-state index < -0.39 is 0 Å². The molecule has 0 aliphatic carbocycles. The summed E-state index contributed by atoms with van der Waals surface area (Å²) in [6, 6.07) is 10.4. The fourth-order valence-corrected chi connectivity index (χ4v) is 3.02. The molecule has 0 spiro atoms. The van der Waals surface area contributed by atoms with E-state index in [1.54, 1.807) is 18.2 Å². The molecule has 0 saturated carbocycles. The molecule has 0 amide bonds. The normalized spacial score (nSPS) is 12.2. The van der Waals surface area contributed by atoms with Crippen molar-refractivity contribution in [2.45, 2.75) is 12.5 Å². The minimum Gasteiger partial charge on any atom is -0.494 e. The van der Waals surface area contributed by atoms with Gasteiger partial charge in [0.1, 0.15) is 0 Å². The van der Waals surface area contributed by atoms with E-state index in [2.05, 4.69) is 28.0 Å². The molecule has 0 saturated heterocycles. The quantitative estimate of drug-likeness (QED) is 0.439. The van der Waals surface area contributed by atoms with Crippen LogP contribution in [0.4, 0.5) is 4.39 Å². The highest BCUT2D eigenvalue weighted by Crippen LogP contribution is 2.28. The fraction of sp³-hybridized carbons (Fsp3) is 0.200. The maximum atomic E-state index is 14.2. The number of halogens is 3. The van der Waals surface area contributed by atoms with E-state index in [0.717, 1.165) is 9.13 Å². The van der Waals surface area contributed by atoms with E-state index in [1.165, 1.54) is 7.11 Å². The second-order valence-electron chi connectivity index (χ2n) is 4.52. The highest BCUT2D eigenvalue weighted by Gasteiger charge is 2.18. The molecule has 0 aliphatic heterocycles. The molecular weight excluding hydrogens is 406 g/mol. The lowest BCUT2D eigenvalue weighted by Crippen LogP contribution is -2.30. The van der Waals surface area contributed by atoms with Crippen molar-refractivity contribution < 1.29 is 9.13 Å². The Bertz CT molecular complexity index is 639. The van der Waals surface area contributed by atoms with Gasteiger partial charge in [0, 0.05) is 8.59 Å². The van der Waals surface area contributed by atoms with Gasteiger partial charge in [0.25, 0.3) is 0 Å². The van der Waals surface area contributed by atoms with Gasteiger partial charge in [-0.25, -0.2) is 4.39 Å². The molecule has 0 radical (unpaired) electrons. The largest absolute Gasteiger partial charge is 0.494 e. The van der Waals surface area contributed by atoms with E-state index >= 15 is 0 Å². The van der Waals surface area contributed by atoms with E-state index in [1.807, 2.05) is 18.2 Å². The van der Waals surface area contributed by atoms with Crippen molar-refractivity contribution in [1.82, 2.24) is 5.43 Å². The predicted molar refractivity (Wildman–Crippen MR) is 90.9 cm³/mol. The highest BCUT2D eigenvalue weighted by atomic mass is 127. The minimum absolute atomic E-state index is 0.226. The van der Waals surface area contributed by atoms with Gasteiger partial charge in [-0.3, -0.25) is 11.3 Å². The van der Waals surface area contributed by atoms with Crippen LogP contribution in [0.2, 0.25) is 5.02 Å². The molecule has 1 atom stereocenters. The molecule has 2 aromatic carbocycles. The van der Waals surface area contributed by atoms with Crippen LogP contribution in [-0.4, -0.2) is 7.11 Å². The Hall–Kier alpha value is -0.890. The first-order valence-electron chi connectivity index (χ1n) is 6.29. The van der Waals surface area contributed by atoms with Gasteiger partial charge in [-0.15, -0.1) is 0 Å². The van der Waals surface area contributed by atoms with Crippen LogP contribution in [0.25, 0.3) is 0 Å². The third kappa shape index (κ3) is 3.85. The van der Waals surface area contributed by atoms with Crippen molar-refractivity contribution in [3.05, 3.63) is 61.9 Å². The third-order valence-electron chi connectivity index (χ3n) is 3.22. The van der Waals surface area contributed by atoms with Gasteiger partial charge in [0.2, 0.25) is 0 Å². The number of benzene rings is 2. The van der Waals surface area contributed by atoms with E-state index in [4.69, 9.17) is 22.2 Å². The number of methoxy groups -OCH3 is 1. The smallest absolute Gasteiger partial charge is 0.168 e. The Morgan fingerprint density at radius 2 is 2.14 bits per heavy atom. The number of hydrazine groups is 1. The summed E-state index contributed by atoms with van der Waals surface area (Å²) in [5, 5.41) is 0.622. The van der Waals surface area contributed by atoms with Crippen LogP contribution >= 0.6 is 34.2 Å². The zero-order valence-corrected chi connectivity index (χ0v) is 14.3. The number of hydrogen-bond acceptors (Lipinski definition) is 3. The fourth-order valence-electron chi connectivity index (χ4n) is 2.13. The second-order valence-corrected chi connectivity index (χ2v) is 6.12. The van der Waals surface area contributed by atoms with Gasteiger partial charge in [0.05, 0.1) is 13.2 Å². The van der Waals surface area contributed by atoms with Crippen molar-refractivity contribution in [3.63, 3.8) is 0 Å². The lowest BCUT2D eigenvalue weighted by Gasteiger charge is -2.19. The van der Waals surface area contributed by atoms with Crippen molar-refractivity contribution >= 4 is 34.2 Å².